The molecule has 6 nitrogen and oxygen atoms in total. The maximum absolute atomic E-state index is 12.7. The molecule has 150 valence electrons. The summed E-state index contributed by atoms with van der Waals surface area (Å²) < 4.78 is 0. The average Bonchev–Trinajstić information content (AvgIpc) is 3.14. The van der Waals surface area contributed by atoms with Crippen LogP contribution >= 0.6 is 11.6 Å². The van der Waals surface area contributed by atoms with Crippen molar-refractivity contribution in [3.05, 3.63) is 76.6 Å². The van der Waals surface area contributed by atoms with Crippen LogP contribution in [0.5, 0.6) is 0 Å². The van der Waals surface area contributed by atoms with Gasteiger partial charge in [-0.05, 0) is 49.6 Å². The van der Waals surface area contributed by atoms with Crippen molar-refractivity contribution in [1.29, 1.82) is 0 Å². The molecule has 4 rings (SSSR count). The van der Waals surface area contributed by atoms with E-state index in [4.69, 9.17) is 11.6 Å². The quantitative estimate of drug-likeness (QED) is 0.699. The number of likely N-dealkylation sites (tertiary alicyclic amines) is 1. The van der Waals surface area contributed by atoms with Crippen LogP contribution < -0.4 is 5.32 Å². The maximum Gasteiger partial charge on any atom is 0.273 e. The van der Waals surface area contributed by atoms with Gasteiger partial charge in [0.2, 0.25) is 0 Å². The normalized spacial score (nSPS) is 15.4. The lowest BCUT2D eigenvalue weighted by Crippen LogP contribution is -2.44. The van der Waals surface area contributed by atoms with E-state index in [1.54, 1.807) is 0 Å². The van der Waals surface area contributed by atoms with Crippen LogP contribution in [0.2, 0.25) is 5.02 Å². The average molecular weight is 410 g/mol. The van der Waals surface area contributed by atoms with Gasteiger partial charge in [0.1, 0.15) is 0 Å². The molecule has 3 aromatic rings. The highest BCUT2D eigenvalue weighted by Gasteiger charge is 2.23. The molecule has 1 saturated heterocycles. The minimum Gasteiger partial charge on any atom is -0.348 e. The van der Waals surface area contributed by atoms with E-state index >= 15 is 0 Å². The summed E-state index contributed by atoms with van der Waals surface area (Å²) in [5.74, 6) is -0.152. The Hall–Kier alpha value is -2.70. The number of piperidine rings is 1. The van der Waals surface area contributed by atoms with Crippen molar-refractivity contribution in [3.8, 4) is 5.69 Å². The van der Waals surface area contributed by atoms with Crippen LogP contribution in [-0.2, 0) is 6.54 Å². The van der Waals surface area contributed by atoms with E-state index in [1.807, 2.05) is 49.4 Å². The first kappa shape index (κ1) is 19.6. The predicted molar refractivity (Wildman–Crippen MR) is 113 cm³/mol. The molecular formula is C22H24ClN5O. The molecule has 2 aromatic carbocycles. The van der Waals surface area contributed by atoms with Gasteiger partial charge in [0.05, 0.1) is 11.4 Å². The number of rotatable bonds is 5. The number of nitrogens with one attached hydrogen (secondary N) is 1. The van der Waals surface area contributed by atoms with Crippen molar-refractivity contribution in [2.75, 3.05) is 13.1 Å². The van der Waals surface area contributed by atoms with Crippen LogP contribution in [0.15, 0.2) is 54.6 Å². The standard InChI is InChI=1S/C22H24ClN5O/c1-16-21(26-28(25-16)20-5-3-2-4-6-20)22(29)24-19-11-13-27(14-12-19)15-17-7-9-18(23)10-8-17/h2-10,19H,11-15H2,1H3,(H,24,29). The monoisotopic (exact) mass is 409 g/mol. The van der Waals surface area contributed by atoms with Crippen LogP contribution in [-0.4, -0.2) is 44.9 Å². The Morgan fingerprint density at radius 2 is 1.76 bits per heavy atom. The Morgan fingerprint density at radius 3 is 2.45 bits per heavy atom. The lowest BCUT2D eigenvalue weighted by Gasteiger charge is -2.32. The Kier molecular flexibility index (Phi) is 5.92. The summed E-state index contributed by atoms with van der Waals surface area (Å²) in [6.07, 6.45) is 1.84. The number of hydrogen-bond acceptors (Lipinski definition) is 4. The summed E-state index contributed by atoms with van der Waals surface area (Å²) in [4.78, 5) is 16.6. The molecule has 0 saturated carbocycles. The first-order valence-corrected chi connectivity index (χ1v) is 10.2. The number of carbonyl (C=O) groups excluding carboxylic acids is 1. The molecule has 1 aliphatic rings. The molecule has 1 N–H and O–H groups in total. The van der Waals surface area contributed by atoms with Gasteiger partial charge >= 0.3 is 0 Å². The summed E-state index contributed by atoms with van der Waals surface area (Å²) in [6.45, 7) is 4.62. The largest absolute Gasteiger partial charge is 0.348 e. The van der Waals surface area contributed by atoms with E-state index in [1.165, 1.54) is 10.4 Å². The number of nitrogens with zero attached hydrogens (tertiary/aromatic N) is 4. The first-order valence-electron chi connectivity index (χ1n) is 9.85. The molecule has 1 amide bonds. The summed E-state index contributed by atoms with van der Waals surface area (Å²) in [5.41, 5.74) is 3.11. The van der Waals surface area contributed by atoms with Gasteiger partial charge in [-0.3, -0.25) is 9.69 Å². The highest BCUT2D eigenvalue weighted by atomic mass is 35.5. The fraction of sp³-hybridized carbons (Fsp3) is 0.318. The van der Waals surface area contributed by atoms with Gasteiger partial charge in [-0.25, -0.2) is 0 Å². The number of hydrogen-bond donors (Lipinski definition) is 1. The van der Waals surface area contributed by atoms with E-state index in [2.05, 4.69) is 32.5 Å². The molecule has 0 radical (unpaired) electrons. The van der Waals surface area contributed by atoms with E-state index in [0.717, 1.165) is 43.2 Å². The van der Waals surface area contributed by atoms with Crippen LogP contribution in [0.4, 0.5) is 0 Å². The number of benzene rings is 2. The van der Waals surface area contributed by atoms with Gasteiger partial charge in [0.15, 0.2) is 5.69 Å². The fourth-order valence-corrected chi connectivity index (χ4v) is 3.73. The van der Waals surface area contributed by atoms with Crippen LogP contribution in [0.25, 0.3) is 5.69 Å². The third-order valence-electron chi connectivity index (χ3n) is 5.23. The second-order valence-corrected chi connectivity index (χ2v) is 7.85. The number of para-hydroxylation sites is 1. The molecule has 0 spiro atoms. The lowest BCUT2D eigenvalue weighted by molar-refractivity contribution is 0.0903. The highest BCUT2D eigenvalue weighted by molar-refractivity contribution is 6.30. The van der Waals surface area contributed by atoms with E-state index in [0.29, 0.717) is 11.4 Å². The van der Waals surface area contributed by atoms with Gasteiger partial charge < -0.3 is 5.32 Å². The molecule has 1 fully saturated rings. The van der Waals surface area contributed by atoms with Crippen LogP contribution in [0.1, 0.15) is 34.6 Å². The molecular weight excluding hydrogens is 386 g/mol. The van der Waals surface area contributed by atoms with E-state index in [-0.39, 0.29) is 11.9 Å². The summed E-state index contributed by atoms with van der Waals surface area (Å²) in [6, 6.07) is 17.7. The third-order valence-corrected chi connectivity index (χ3v) is 5.48. The van der Waals surface area contributed by atoms with Crippen molar-refractivity contribution >= 4 is 17.5 Å². The second kappa shape index (κ2) is 8.76. The molecule has 0 bridgehead atoms. The van der Waals surface area contributed by atoms with Crippen molar-refractivity contribution in [2.24, 2.45) is 0 Å². The third kappa shape index (κ3) is 4.83. The van der Waals surface area contributed by atoms with Crippen LogP contribution in [0, 0.1) is 6.92 Å². The molecule has 1 aliphatic heterocycles. The molecule has 29 heavy (non-hydrogen) atoms. The Morgan fingerprint density at radius 1 is 1.07 bits per heavy atom. The van der Waals surface area contributed by atoms with Crippen LogP contribution in [0.3, 0.4) is 0 Å². The van der Waals surface area contributed by atoms with Gasteiger partial charge in [0, 0.05) is 30.7 Å². The minimum atomic E-state index is -0.152. The predicted octanol–water partition coefficient (Wildman–Crippen LogP) is 3.62. The molecule has 0 unspecified atom stereocenters. The number of halogens is 1. The molecule has 1 aromatic heterocycles. The number of amides is 1. The van der Waals surface area contributed by atoms with Crippen molar-refractivity contribution in [1.82, 2.24) is 25.2 Å². The highest BCUT2D eigenvalue weighted by Crippen LogP contribution is 2.17. The fourth-order valence-electron chi connectivity index (χ4n) is 3.60. The lowest BCUT2D eigenvalue weighted by atomic mass is 10.0. The zero-order chi connectivity index (χ0) is 20.2. The van der Waals surface area contributed by atoms with Crippen molar-refractivity contribution in [3.63, 3.8) is 0 Å². The first-order chi connectivity index (χ1) is 14.1. The number of aromatic nitrogens is 3. The second-order valence-electron chi connectivity index (χ2n) is 7.41. The van der Waals surface area contributed by atoms with E-state index < -0.39 is 0 Å². The molecule has 0 atom stereocenters. The smallest absolute Gasteiger partial charge is 0.273 e. The summed E-state index contributed by atoms with van der Waals surface area (Å²) in [5, 5.41) is 12.7. The zero-order valence-electron chi connectivity index (χ0n) is 16.4. The van der Waals surface area contributed by atoms with Gasteiger partial charge in [-0.15, -0.1) is 5.10 Å². The Labute approximate surface area is 175 Å². The van der Waals surface area contributed by atoms with Gasteiger partial charge in [-0.1, -0.05) is 41.9 Å². The Balaban J connectivity index is 1.32. The van der Waals surface area contributed by atoms with Crippen molar-refractivity contribution in [2.45, 2.75) is 32.4 Å². The van der Waals surface area contributed by atoms with E-state index in [9.17, 15) is 4.79 Å². The summed E-state index contributed by atoms with van der Waals surface area (Å²) >= 11 is 5.96. The topological polar surface area (TPSA) is 63.1 Å². The molecule has 7 heteroatoms. The maximum atomic E-state index is 12.7. The zero-order valence-corrected chi connectivity index (χ0v) is 17.1. The minimum absolute atomic E-state index is 0.152. The SMILES string of the molecule is Cc1nn(-c2ccccc2)nc1C(=O)NC1CCN(Cc2ccc(Cl)cc2)CC1. The van der Waals surface area contributed by atoms with Gasteiger partial charge in [-0.2, -0.15) is 9.90 Å². The number of carbonyl (C=O) groups is 1. The van der Waals surface area contributed by atoms with Gasteiger partial charge in [0.25, 0.3) is 5.91 Å². The number of aryl methyl sites for hydroxylation is 1. The molecule has 0 aliphatic carbocycles. The Bertz CT molecular complexity index is 963. The summed E-state index contributed by atoms with van der Waals surface area (Å²) in [7, 11) is 0. The van der Waals surface area contributed by atoms with Crippen molar-refractivity contribution < 1.29 is 4.79 Å². The molecule has 2 heterocycles.